The molecule has 70 valence electrons. The molecule has 0 fully saturated rings. The van der Waals surface area contributed by atoms with Crippen LogP contribution in [0.25, 0.3) is 10.8 Å². The lowest BCUT2D eigenvalue weighted by molar-refractivity contribution is 0.272. The van der Waals surface area contributed by atoms with Crippen LogP contribution in [0.2, 0.25) is 0 Å². The topological polar surface area (TPSA) is 42.0 Å². The van der Waals surface area contributed by atoms with E-state index in [0.29, 0.717) is 0 Å². The molecule has 1 N–H and O–H groups in total. The van der Waals surface area contributed by atoms with Crippen molar-refractivity contribution >= 4 is 43.0 Å². The van der Waals surface area contributed by atoms with Crippen molar-refractivity contribution in [2.45, 2.75) is 0 Å². The smallest absolute Gasteiger partial charge is 0.285 e. The summed E-state index contributed by atoms with van der Waals surface area (Å²) in [6.07, 6.45) is 3.49. The van der Waals surface area contributed by atoms with Crippen molar-refractivity contribution in [3.63, 3.8) is 0 Å². The average Bonchev–Trinajstić information content (AvgIpc) is 2.18. The maximum atomic E-state index is 10.9. The number of carbonyl (C=O) groups excluding carboxylic acids is 1. The molecule has 1 amide bonds. The molecule has 0 saturated heterocycles. The molecule has 0 saturated carbocycles. The monoisotopic (exact) mass is 298 g/mol. The zero-order valence-corrected chi connectivity index (χ0v) is 9.36. The summed E-state index contributed by atoms with van der Waals surface area (Å²) in [5, 5.41) is 4.80. The zero-order valence-electron chi connectivity index (χ0n) is 7.20. The molecule has 0 spiro atoms. The van der Waals surface area contributed by atoms with E-state index in [4.69, 9.17) is 0 Å². The third-order valence-electron chi connectivity index (χ3n) is 1.91. The standard InChI is InChI=1S/C10H7IN2O/c11-10(14)13-9-3-1-2-7-6-12-5-4-8(7)9/h1-6H,(H,13,14). The minimum absolute atomic E-state index is 0.0908. The van der Waals surface area contributed by atoms with Gasteiger partial charge in [-0.3, -0.25) is 9.78 Å². The molecule has 14 heavy (non-hydrogen) atoms. The summed E-state index contributed by atoms with van der Waals surface area (Å²) in [6.45, 7) is 0. The van der Waals surface area contributed by atoms with Crippen LogP contribution in [-0.2, 0) is 0 Å². The lowest BCUT2D eigenvalue weighted by atomic mass is 10.1. The normalized spacial score (nSPS) is 10.1. The Morgan fingerprint density at radius 2 is 2.21 bits per heavy atom. The minimum Gasteiger partial charge on any atom is -0.317 e. The molecule has 0 aliphatic carbocycles. The van der Waals surface area contributed by atoms with Gasteiger partial charge in [-0.2, -0.15) is 0 Å². The Bertz CT molecular complexity index is 479. The highest BCUT2D eigenvalue weighted by molar-refractivity contribution is 14.1. The van der Waals surface area contributed by atoms with E-state index in [0.717, 1.165) is 16.5 Å². The van der Waals surface area contributed by atoms with Crippen LogP contribution in [0.5, 0.6) is 0 Å². The molecule has 0 aliphatic heterocycles. The number of aromatic nitrogens is 1. The highest BCUT2D eigenvalue weighted by atomic mass is 127. The second-order valence-corrected chi connectivity index (χ2v) is 3.78. The Morgan fingerprint density at radius 3 is 3.00 bits per heavy atom. The minimum atomic E-state index is -0.0908. The first-order valence-electron chi connectivity index (χ1n) is 4.06. The van der Waals surface area contributed by atoms with E-state index in [2.05, 4.69) is 10.3 Å². The van der Waals surface area contributed by atoms with Crippen LogP contribution in [0, 0.1) is 0 Å². The van der Waals surface area contributed by atoms with Gasteiger partial charge in [0.25, 0.3) is 3.91 Å². The third-order valence-corrected chi connectivity index (χ3v) is 2.18. The molecule has 0 atom stereocenters. The molecular weight excluding hydrogens is 291 g/mol. The van der Waals surface area contributed by atoms with Crippen LogP contribution in [0.15, 0.2) is 36.7 Å². The fraction of sp³-hybridized carbons (Fsp3) is 0. The van der Waals surface area contributed by atoms with Crippen LogP contribution in [0.1, 0.15) is 0 Å². The Morgan fingerprint density at radius 1 is 1.36 bits per heavy atom. The first kappa shape index (κ1) is 9.39. The molecule has 0 bridgehead atoms. The Hall–Kier alpha value is -1.17. The third kappa shape index (κ3) is 1.84. The number of carbonyl (C=O) groups is 1. The molecule has 3 nitrogen and oxygen atoms in total. The number of nitrogens with zero attached hydrogens (tertiary/aromatic N) is 1. The van der Waals surface area contributed by atoms with Crippen molar-refractivity contribution in [2.24, 2.45) is 0 Å². The van der Waals surface area contributed by atoms with E-state index in [9.17, 15) is 4.79 Å². The number of halogens is 1. The molecule has 1 aromatic heterocycles. The molecule has 1 aromatic carbocycles. The lowest BCUT2D eigenvalue weighted by Gasteiger charge is -2.04. The first-order chi connectivity index (χ1) is 6.77. The molecular formula is C10H7IN2O. The number of nitrogens with one attached hydrogen (secondary N) is 1. The van der Waals surface area contributed by atoms with E-state index in [1.165, 1.54) is 0 Å². The molecule has 2 aromatic rings. The second kappa shape index (κ2) is 3.91. The molecule has 2 rings (SSSR count). The van der Waals surface area contributed by atoms with Gasteiger partial charge in [0.1, 0.15) is 0 Å². The van der Waals surface area contributed by atoms with Gasteiger partial charge in [-0.05, 0) is 12.1 Å². The van der Waals surface area contributed by atoms with Gasteiger partial charge in [0.05, 0.1) is 0 Å². The van der Waals surface area contributed by atoms with Crippen molar-refractivity contribution in [3.8, 4) is 0 Å². The molecule has 0 aliphatic rings. The number of hydrogen-bond donors (Lipinski definition) is 1. The molecule has 1 heterocycles. The number of fused-ring (bicyclic) bond motifs is 1. The van der Waals surface area contributed by atoms with Crippen LogP contribution in [0.3, 0.4) is 0 Å². The largest absolute Gasteiger partial charge is 0.317 e. The quantitative estimate of drug-likeness (QED) is 0.499. The van der Waals surface area contributed by atoms with E-state index < -0.39 is 0 Å². The number of rotatable bonds is 1. The summed E-state index contributed by atoms with van der Waals surface area (Å²) in [7, 11) is 0. The van der Waals surface area contributed by atoms with Gasteiger partial charge in [-0.15, -0.1) is 0 Å². The van der Waals surface area contributed by atoms with Gasteiger partial charge in [0, 0.05) is 51.4 Å². The van der Waals surface area contributed by atoms with Crippen LogP contribution in [-0.4, -0.2) is 8.90 Å². The second-order valence-electron chi connectivity index (χ2n) is 2.80. The van der Waals surface area contributed by atoms with E-state index in [1.807, 2.05) is 24.3 Å². The highest BCUT2D eigenvalue weighted by Gasteiger charge is 2.01. The number of anilines is 1. The number of benzene rings is 1. The summed E-state index contributed by atoms with van der Waals surface area (Å²) >= 11 is 1.71. The van der Waals surface area contributed by atoms with Crippen LogP contribution in [0.4, 0.5) is 10.5 Å². The summed E-state index contributed by atoms with van der Waals surface area (Å²) in [5.41, 5.74) is 0.823. The molecule has 0 unspecified atom stereocenters. The number of pyridine rings is 1. The summed E-state index contributed by atoms with van der Waals surface area (Å²) in [4.78, 5) is 14.9. The SMILES string of the molecule is O=C(I)Nc1cccc2cnccc12. The van der Waals surface area contributed by atoms with Gasteiger partial charge in [0.2, 0.25) is 0 Å². The van der Waals surface area contributed by atoms with Gasteiger partial charge in [-0.1, -0.05) is 12.1 Å². The van der Waals surface area contributed by atoms with E-state index >= 15 is 0 Å². The molecule has 0 radical (unpaired) electrons. The van der Waals surface area contributed by atoms with Crippen LogP contribution >= 0.6 is 22.6 Å². The predicted molar refractivity (Wildman–Crippen MR) is 64.8 cm³/mol. The maximum absolute atomic E-state index is 10.9. The first-order valence-corrected chi connectivity index (χ1v) is 5.14. The van der Waals surface area contributed by atoms with Gasteiger partial charge in [-0.25, -0.2) is 0 Å². The fourth-order valence-corrected chi connectivity index (χ4v) is 1.63. The Balaban J connectivity index is 2.59. The van der Waals surface area contributed by atoms with Crippen molar-refractivity contribution < 1.29 is 4.79 Å². The van der Waals surface area contributed by atoms with E-state index in [1.54, 1.807) is 35.0 Å². The van der Waals surface area contributed by atoms with Crippen molar-refractivity contribution in [1.29, 1.82) is 0 Å². The number of amides is 1. The van der Waals surface area contributed by atoms with Crippen molar-refractivity contribution in [2.75, 3.05) is 5.32 Å². The Kier molecular flexibility index (Phi) is 2.62. The number of hydrogen-bond acceptors (Lipinski definition) is 2. The summed E-state index contributed by atoms with van der Waals surface area (Å²) < 4.78 is -0.0908. The fourth-order valence-electron chi connectivity index (χ4n) is 1.34. The Labute approximate surface area is 94.7 Å². The average molecular weight is 298 g/mol. The summed E-state index contributed by atoms with van der Waals surface area (Å²) in [5.74, 6) is 0. The van der Waals surface area contributed by atoms with Gasteiger partial charge in [0.15, 0.2) is 0 Å². The van der Waals surface area contributed by atoms with Crippen LogP contribution < -0.4 is 5.32 Å². The van der Waals surface area contributed by atoms with Crippen molar-refractivity contribution in [3.05, 3.63) is 36.7 Å². The van der Waals surface area contributed by atoms with E-state index in [-0.39, 0.29) is 3.91 Å². The van der Waals surface area contributed by atoms with Gasteiger partial charge >= 0.3 is 0 Å². The predicted octanol–water partition coefficient (Wildman–Crippen LogP) is 3.20. The van der Waals surface area contributed by atoms with Gasteiger partial charge < -0.3 is 5.32 Å². The lowest BCUT2D eigenvalue weighted by Crippen LogP contribution is -2.00. The summed E-state index contributed by atoms with van der Waals surface area (Å²) in [6, 6.07) is 7.62. The zero-order chi connectivity index (χ0) is 9.97. The molecule has 4 heteroatoms. The maximum Gasteiger partial charge on any atom is 0.285 e. The van der Waals surface area contributed by atoms with Crippen molar-refractivity contribution in [1.82, 2.24) is 4.98 Å². The highest BCUT2D eigenvalue weighted by Crippen LogP contribution is 2.22.